The number of halogens is 1. The van der Waals surface area contributed by atoms with Crippen molar-refractivity contribution in [2.75, 3.05) is 33.0 Å². The molecule has 0 spiro atoms. The molecule has 5 heteroatoms. The molecule has 0 fully saturated rings. The van der Waals surface area contributed by atoms with E-state index in [0.717, 1.165) is 0 Å². The highest BCUT2D eigenvalue weighted by atomic mass is 35.5. The van der Waals surface area contributed by atoms with Gasteiger partial charge in [-0.25, -0.2) is 0 Å². The molecular weight excluding hydrogens is 228 g/mol. The van der Waals surface area contributed by atoms with Crippen molar-refractivity contribution in [2.45, 2.75) is 0 Å². The van der Waals surface area contributed by atoms with Gasteiger partial charge in [0.25, 0.3) is 5.91 Å². The van der Waals surface area contributed by atoms with E-state index in [-0.39, 0.29) is 5.91 Å². The number of hydrogen-bond donors (Lipinski definition) is 1. The van der Waals surface area contributed by atoms with Gasteiger partial charge in [-0.2, -0.15) is 0 Å². The number of likely N-dealkylation sites (N-methyl/N-ethyl adjacent to an activating group) is 1. The van der Waals surface area contributed by atoms with Crippen LogP contribution in [0.4, 0.5) is 5.69 Å². The zero-order valence-electron chi connectivity index (χ0n) is 9.37. The van der Waals surface area contributed by atoms with Crippen LogP contribution in [0.2, 0.25) is 5.02 Å². The largest absolute Gasteiger partial charge is 0.399 e. The average Bonchev–Trinajstić information content (AvgIpc) is 2.23. The smallest absolute Gasteiger partial charge is 0.253 e. The van der Waals surface area contributed by atoms with Crippen LogP contribution in [-0.4, -0.2) is 38.1 Å². The van der Waals surface area contributed by atoms with E-state index in [1.807, 2.05) is 0 Å². The number of nitrogen functional groups attached to an aromatic ring is 1. The molecule has 0 saturated heterocycles. The Morgan fingerprint density at radius 3 is 2.75 bits per heavy atom. The Morgan fingerprint density at radius 2 is 2.19 bits per heavy atom. The quantitative estimate of drug-likeness (QED) is 0.817. The monoisotopic (exact) mass is 242 g/mol. The Bertz CT molecular complexity index is 362. The minimum Gasteiger partial charge on any atom is -0.399 e. The van der Waals surface area contributed by atoms with E-state index < -0.39 is 0 Å². The SMILES string of the molecule is COCCN(C)C(=O)c1cc(N)cc(Cl)c1. The number of carbonyl (C=O) groups is 1. The summed E-state index contributed by atoms with van der Waals surface area (Å²) in [4.78, 5) is 13.5. The van der Waals surface area contributed by atoms with Crippen molar-refractivity contribution in [2.24, 2.45) is 0 Å². The summed E-state index contributed by atoms with van der Waals surface area (Å²) < 4.78 is 4.90. The standard InChI is InChI=1S/C11H15ClN2O2/c1-14(3-4-16-2)11(15)8-5-9(12)7-10(13)6-8/h5-7H,3-4,13H2,1-2H3. The van der Waals surface area contributed by atoms with Gasteiger partial charge in [-0.15, -0.1) is 0 Å². The highest BCUT2D eigenvalue weighted by Crippen LogP contribution is 2.17. The van der Waals surface area contributed by atoms with Gasteiger partial charge in [-0.3, -0.25) is 4.79 Å². The summed E-state index contributed by atoms with van der Waals surface area (Å²) in [5.41, 5.74) is 6.59. The second kappa shape index (κ2) is 5.72. The molecule has 0 saturated carbocycles. The van der Waals surface area contributed by atoms with E-state index in [9.17, 15) is 4.79 Å². The maximum absolute atomic E-state index is 11.9. The molecular formula is C11H15ClN2O2. The van der Waals surface area contributed by atoms with Gasteiger partial charge >= 0.3 is 0 Å². The van der Waals surface area contributed by atoms with Gasteiger partial charge < -0.3 is 15.4 Å². The Balaban J connectivity index is 2.79. The van der Waals surface area contributed by atoms with E-state index in [1.54, 1.807) is 37.3 Å². The minimum absolute atomic E-state index is 0.119. The third kappa shape index (κ3) is 3.40. The molecule has 0 radical (unpaired) electrons. The van der Waals surface area contributed by atoms with Crippen molar-refractivity contribution in [3.05, 3.63) is 28.8 Å². The molecule has 0 aliphatic carbocycles. The van der Waals surface area contributed by atoms with Gasteiger partial charge in [0.15, 0.2) is 0 Å². The molecule has 1 amide bonds. The number of rotatable bonds is 4. The maximum atomic E-state index is 11.9. The van der Waals surface area contributed by atoms with Crippen LogP contribution in [0.1, 0.15) is 10.4 Å². The van der Waals surface area contributed by atoms with Gasteiger partial charge in [0, 0.05) is 37.0 Å². The van der Waals surface area contributed by atoms with Crippen molar-refractivity contribution >= 4 is 23.2 Å². The van der Waals surface area contributed by atoms with E-state index in [2.05, 4.69) is 0 Å². The summed E-state index contributed by atoms with van der Waals surface area (Å²) in [5, 5.41) is 0.462. The number of nitrogens with zero attached hydrogens (tertiary/aromatic N) is 1. The van der Waals surface area contributed by atoms with Gasteiger partial charge in [0.1, 0.15) is 0 Å². The van der Waals surface area contributed by atoms with Crippen LogP contribution in [-0.2, 0) is 4.74 Å². The Hall–Kier alpha value is -1.26. The van der Waals surface area contributed by atoms with Crippen LogP contribution >= 0.6 is 11.6 Å². The van der Waals surface area contributed by atoms with Crippen molar-refractivity contribution in [3.63, 3.8) is 0 Å². The number of carbonyl (C=O) groups excluding carboxylic acids is 1. The first-order valence-electron chi connectivity index (χ1n) is 4.85. The number of anilines is 1. The molecule has 1 aromatic carbocycles. The zero-order chi connectivity index (χ0) is 12.1. The second-order valence-electron chi connectivity index (χ2n) is 3.49. The lowest BCUT2D eigenvalue weighted by Gasteiger charge is -2.16. The van der Waals surface area contributed by atoms with Crippen LogP contribution in [0.3, 0.4) is 0 Å². The topological polar surface area (TPSA) is 55.6 Å². The number of nitrogens with two attached hydrogens (primary N) is 1. The van der Waals surface area contributed by atoms with Crippen LogP contribution < -0.4 is 5.73 Å². The molecule has 4 nitrogen and oxygen atoms in total. The molecule has 0 aliphatic rings. The first-order valence-corrected chi connectivity index (χ1v) is 5.23. The lowest BCUT2D eigenvalue weighted by Crippen LogP contribution is -2.29. The number of amides is 1. The molecule has 0 atom stereocenters. The van der Waals surface area contributed by atoms with Gasteiger partial charge in [0.05, 0.1) is 6.61 Å². The molecule has 1 rings (SSSR count). The first kappa shape index (κ1) is 12.8. The summed E-state index contributed by atoms with van der Waals surface area (Å²) >= 11 is 5.83. The fourth-order valence-electron chi connectivity index (χ4n) is 1.29. The maximum Gasteiger partial charge on any atom is 0.253 e. The van der Waals surface area contributed by atoms with Crippen molar-refractivity contribution in [3.8, 4) is 0 Å². The first-order chi connectivity index (χ1) is 7.54. The third-order valence-electron chi connectivity index (χ3n) is 2.14. The minimum atomic E-state index is -0.119. The number of benzene rings is 1. The fourth-order valence-corrected chi connectivity index (χ4v) is 1.53. The number of methoxy groups -OCH3 is 1. The fraction of sp³-hybridized carbons (Fsp3) is 0.364. The van der Waals surface area contributed by atoms with E-state index in [0.29, 0.717) is 29.4 Å². The van der Waals surface area contributed by atoms with E-state index in [4.69, 9.17) is 22.1 Å². The Labute approximate surface area is 99.9 Å². The molecule has 2 N–H and O–H groups in total. The van der Waals surface area contributed by atoms with Crippen molar-refractivity contribution in [1.82, 2.24) is 4.90 Å². The Kier molecular flexibility index (Phi) is 4.58. The summed E-state index contributed by atoms with van der Waals surface area (Å²) in [6.07, 6.45) is 0. The molecule has 0 aliphatic heterocycles. The zero-order valence-corrected chi connectivity index (χ0v) is 10.1. The normalized spacial score (nSPS) is 10.2. The lowest BCUT2D eigenvalue weighted by molar-refractivity contribution is 0.0744. The molecule has 0 bridgehead atoms. The molecule has 0 heterocycles. The number of ether oxygens (including phenoxy) is 1. The summed E-state index contributed by atoms with van der Waals surface area (Å²) in [6.45, 7) is 1.03. The molecule has 16 heavy (non-hydrogen) atoms. The lowest BCUT2D eigenvalue weighted by atomic mass is 10.2. The van der Waals surface area contributed by atoms with Crippen molar-refractivity contribution in [1.29, 1.82) is 0 Å². The highest BCUT2D eigenvalue weighted by Gasteiger charge is 2.12. The summed E-state index contributed by atoms with van der Waals surface area (Å²) in [6, 6.07) is 4.81. The predicted molar refractivity (Wildman–Crippen MR) is 64.7 cm³/mol. The molecule has 1 aromatic rings. The van der Waals surface area contributed by atoms with E-state index in [1.165, 1.54) is 0 Å². The van der Waals surface area contributed by atoms with Gasteiger partial charge in [0.2, 0.25) is 0 Å². The summed E-state index contributed by atoms with van der Waals surface area (Å²) in [7, 11) is 3.30. The van der Waals surface area contributed by atoms with E-state index >= 15 is 0 Å². The van der Waals surface area contributed by atoms with Crippen LogP contribution in [0.25, 0.3) is 0 Å². The van der Waals surface area contributed by atoms with Crippen LogP contribution in [0.15, 0.2) is 18.2 Å². The van der Waals surface area contributed by atoms with Gasteiger partial charge in [-0.05, 0) is 18.2 Å². The van der Waals surface area contributed by atoms with Crippen LogP contribution in [0, 0.1) is 0 Å². The highest BCUT2D eigenvalue weighted by molar-refractivity contribution is 6.31. The second-order valence-corrected chi connectivity index (χ2v) is 3.93. The molecule has 88 valence electrons. The van der Waals surface area contributed by atoms with Crippen molar-refractivity contribution < 1.29 is 9.53 Å². The van der Waals surface area contributed by atoms with Gasteiger partial charge in [-0.1, -0.05) is 11.6 Å². The third-order valence-corrected chi connectivity index (χ3v) is 2.36. The molecule has 0 aromatic heterocycles. The summed E-state index contributed by atoms with van der Waals surface area (Å²) in [5.74, 6) is -0.119. The predicted octanol–water partition coefficient (Wildman–Crippen LogP) is 1.64. The number of hydrogen-bond acceptors (Lipinski definition) is 3. The Morgan fingerprint density at radius 1 is 1.50 bits per heavy atom. The molecule has 0 unspecified atom stereocenters. The van der Waals surface area contributed by atoms with Crippen LogP contribution in [0.5, 0.6) is 0 Å². The average molecular weight is 243 g/mol.